The summed E-state index contributed by atoms with van der Waals surface area (Å²) in [7, 11) is 0. The molecule has 3 aromatic rings. The van der Waals surface area contributed by atoms with Gasteiger partial charge in [-0.2, -0.15) is 5.26 Å². The van der Waals surface area contributed by atoms with Crippen molar-refractivity contribution in [3.05, 3.63) is 77.2 Å². The Labute approximate surface area is 238 Å². The van der Waals surface area contributed by atoms with Crippen LogP contribution in [0.25, 0.3) is 0 Å². The van der Waals surface area contributed by atoms with Crippen LogP contribution in [-0.4, -0.2) is 79.4 Å². The number of hydrogen-bond donors (Lipinski definition) is 1. The predicted octanol–water partition coefficient (Wildman–Crippen LogP) is 3.58. The monoisotopic (exact) mass is 559 g/mol. The molecular weight excluding hydrogens is 526 g/mol. The van der Waals surface area contributed by atoms with Crippen LogP contribution in [0.3, 0.4) is 0 Å². The molecule has 0 radical (unpaired) electrons. The molecule has 0 spiro atoms. The Hall–Kier alpha value is -4.53. The average molecular weight is 560 g/mol. The van der Waals surface area contributed by atoms with Crippen molar-refractivity contribution in [2.75, 3.05) is 58.0 Å². The number of nitriles is 1. The van der Waals surface area contributed by atoms with Crippen molar-refractivity contribution in [3.63, 3.8) is 0 Å². The Kier molecular flexibility index (Phi) is 9.03. The molecule has 1 fully saturated rings. The highest BCUT2D eigenvalue weighted by molar-refractivity contribution is 5.92. The molecule has 0 atom stereocenters. The third kappa shape index (κ3) is 7.57. The summed E-state index contributed by atoms with van der Waals surface area (Å²) in [6.07, 6.45) is 0. The van der Waals surface area contributed by atoms with Gasteiger partial charge in [-0.1, -0.05) is 12.1 Å². The van der Waals surface area contributed by atoms with Crippen LogP contribution in [0, 0.1) is 18.3 Å². The lowest BCUT2D eigenvalue weighted by molar-refractivity contribution is -0.133. The maximum absolute atomic E-state index is 13.8. The number of morpholine rings is 1. The van der Waals surface area contributed by atoms with Gasteiger partial charge in [-0.25, -0.2) is 4.79 Å². The third-order valence-corrected chi connectivity index (χ3v) is 6.95. The first-order valence-corrected chi connectivity index (χ1v) is 13.5. The number of aryl methyl sites for hydroxylation is 1. The molecule has 0 bridgehead atoms. The van der Waals surface area contributed by atoms with E-state index in [0.29, 0.717) is 61.4 Å². The summed E-state index contributed by atoms with van der Waals surface area (Å²) in [5, 5.41) is 12.1. The van der Waals surface area contributed by atoms with E-state index in [2.05, 4.69) is 16.3 Å². The van der Waals surface area contributed by atoms with Crippen LogP contribution >= 0.6 is 0 Å². The highest BCUT2D eigenvalue weighted by atomic mass is 16.7. The number of anilines is 1. The van der Waals surface area contributed by atoms with E-state index < -0.39 is 6.03 Å². The molecule has 41 heavy (non-hydrogen) atoms. The number of ether oxygens (including phenoxy) is 3. The Morgan fingerprint density at radius 3 is 2.61 bits per heavy atom. The van der Waals surface area contributed by atoms with Crippen molar-refractivity contribution >= 4 is 17.6 Å². The molecule has 3 amide bonds. The van der Waals surface area contributed by atoms with Crippen LogP contribution in [-0.2, 0) is 22.6 Å². The van der Waals surface area contributed by atoms with E-state index in [1.807, 2.05) is 37.3 Å². The van der Waals surface area contributed by atoms with Gasteiger partial charge in [0.25, 0.3) is 0 Å². The molecule has 1 saturated heterocycles. The van der Waals surface area contributed by atoms with Gasteiger partial charge in [0, 0.05) is 38.4 Å². The van der Waals surface area contributed by atoms with Crippen molar-refractivity contribution in [2.24, 2.45) is 0 Å². The number of furan rings is 1. The van der Waals surface area contributed by atoms with Crippen molar-refractivity contribution in [1.82, 2.24) is 14.7 Å². The standard InChI is InChI=1S/C30H33N5O6/c1-22-5-7-26(41-22)19-35(18-24-6-8-27-28(16-24)40-21-39-27)29(36)20-34(10-9-33-11-13-38-14-12-33)30(37)32-25-4-2-3-23(15-25)17-31/h2-8,15-16H,9-14,18-21H2,1H3,(H,32,37). The molecule has 11 heteroatoms. The summed E-state index contributed by atoms with van der Waals surface area (Å²) >= 11 is 0. The quantitative estimate of drug-likeness (QED) is 0.400. The number of carbonyl (C=O) groups excluding carboxylic acids is 2. The molecule has 0 unspecified atom stereocenters. The molecule has 0 aliphatic carbocycles. The second kappa shape index (κ2) is 13.2. The van der Waals surface area contributed by atoms with Crippen LogP contribution < -0.4 is 14.8 Å². The zero-order valence-corrected chi connectivity index (χ0v) is 23.0. The Morgan fingerprint density at radius 2 is 1.83 bits per heavy atom. The molecule has 1 aromatic heterocycles. The van der Waals surface area contributed by atoms with E-state index in [0.717, 1.165) is 24.4 Å². The zero-order chi connectivity index (χ0) is 28.6. The first kappa shape index (κ1) is 28.0. The van der Waals surface area contributed by atoms with Gasteiger partial charge in [-0.3, -0.25) is 9.69 Å². The largest absolute Gasteiger partial charge is 0.464 e. The van der Waals surface area contributed by atoms with Crippen LogP contribution in [0.5, 0.6) is 11.5 Å². The number of nitrogens with one attached hydrogen (secondary N) is 1. The highest BCUT2D eigenvalue weighted by Crippen LogP contribution is 2.33. The summed E-state index contributed by atoms with van der Waals surface area (Å²) in [5.74, 6) is 2.46. The van der Waals surface area contributed by atoms with Gasteiger partial charge in [0.05, 0.1) is 31.4 Å². The topological polar surface area (TPSA) is 121 Å². The van der Waals surface area contributed by atoms with Gasteiger partial charge in [0.15, 0.2) is 11.5 Å². The van der Waals surface area contributed by atoms with Gasteiger partial charge in [-0.15, -0.1) is 0 Å². The number of amides is 3. The second-order valence-corrected chi connectivity index (χ2v) is 9.95. The Bertz CT molecular complexity index is 1410. The maximum Gasteiger partial charge on any atom is 0.322 e. The lowest BCUT2D eigenvalue weighted by atomic mass is 10.2. The van der Waals surface area contributed by atoms with Gasteiger partial charge in [0.2, 0.25) is 12.7 Å². The molecule has 0 saturated carbocycles. The van der Waals surface area contributed by atoms with E-state index >= 15 is 0 Å². The fourth-order valence-corrected chi connectivity index (χ4v) is 4.72. The zero-order valence-electron chi connectivity index (χ0n) is 23.0. The number of urea groups is 1. The number of fused-ring (bicyclic) bond motifs is 1. The average Bonchev–Trinajstić information content (AvgIpc) is 3.63. The number of carbonyl (C=O) groups is 2. The van der Waals surface area contributed by atoms with Gasteiger partial charge in [0.1, 0.15) is 18.1 Å². The second-order valence-electron chi connectivity index (χ2n) is 9.95. The Balaban J connectivity index is 1.33. The number of nitrogens with zero attached hydrogens (tertiary/aromatic N) is 4. The maximum atomic E-state index is 13.8. The fraction of sp³-hybridized carbons (Fsp3) is 0.367. The molecule has 5 rings (SSSR count). The summed E-state index contributed by atoms with van der Waals surface area (Å²) in [6, 6.07) is 17.6. The summed E-state index contributed by atoms with van der Waals surface area (Å²) in [5.41, 5.74) is 1.78. The van der Waals surface area contributed by atoms with E-state index in [4.69, 9.17) is 18.6 Å². The normalized spacial score (nSPS) is 14.3. The van der Waals surface area contributed by atoms with Crippen LogP contribution in [0.4, 0.5) is 10.5 Å². The van der Waals surface area contributed by atoms with E-state index in [1.165, 1.54) is 4.90 Å². The lowest BCUT2D eigenvalue weighted by Gasteiger charge is -2.31. The molecule has 3 heterocycles. The van der Waals surface area contributed by atoms with Crippen molar-refractivity contribution in [2.45, 2.75) is 20.0 Å². The summed E-state index contributed by atoms with van der Waals surface area (Å²) < 4.78 is 22.2. The van der Waals surface area contributed by atoms with Crippen molar-refractivity contribution in [3.8, 4) is 17.6 Å². The minimum absolute atomic E-state index is 0.141. The molecule has 214 valence electrons. The lowest BCUT2D eigenvalue weighted by Crippen LogP contribution is -2.48. The van der Waals surface area contributed by atoms with Crippen LogP contribution in [0.1, 0.15) is 22.6 Å². The molecule has 11 nitrogen and oxygen atoms in total. The smallest absolute Gasteiger partial charge is 0.322 e. The first-order chi connectivity index (χ1) is 20.0. The third-order valence-electron chi connectivity index (χ3n) is 6.95. The van der Waals surface area contributed by atoms with Crippen LogP contribution in [0.15, 0.2) is 59.0 Å². The molecule has 2 aliphatic rings. The van der Waals surface area contributed by atoms with Crippen LogP contribution in [0.2, 0.25) is 0 Å². The Morgan fingerprint density at radius 1 is 1.00 bits per heavy atom. The molecule has 2 aromatic carbocycles. The minimum Gasteiger partial charge on any atom is -0.464 e. The summed E-state index contributed by atoms with van der Waals surface area (Å²) in [6.45, 7) is 6.15. The van der Waals surface area contributed by atoms with Gasteiger partial charge in [-0.05, 0) is 55.0 Å². The van der Waals surface area contributed by atoms with Gasteiger partial charge < -0.3 is 33.7 Å². The number of benzene rings is 2. The van der Waals surface area contributed by atoms with Gasteiger partial charge >= 0.3 is 6.03 Å². The molecule has 2 aliphatic heterocycles. The highest BCUT2D eigenvalue weighted by Gasteiger charge is 2.25. The molecule has 1 N–H and O–H groups in total. The first-order valence-electron chi connectivity index (χ1n) is 13.5. The van der Waals surface area contributed by atoms with E-state index in [9.17, 15) is 14.9 Å². The molecular formula is C30H33N5O6. The van der Waals surface area contributed by atoms with E-state index in [-0.39, 0.29) is 25.8 Å². The minimum atomic E-state index is -0.418. The number of hydrogen-bond acceptors (Lipinski definition) is 8. The van der Waals surface area contributed by atoms with Crippen molar-refractivity contribution in [1.29, 1.82) is 5.26 Å². The summed E-state index contributed by atoms with van der Waals surface area (Å²) in [4.78, 5) is 32.7. The van der Waals surface area contributed by atoms with Crippen molar-refractivity contribution < 1.29 is 28.2 Å². The number of rotatable bonds is 10. The fourth-order valence-electron chi connectivity index (χ4n) is 4.72. The SMILES string of the molecule is Cc1ccc(CN(Cc2ccc3c(c2)OCO3)C(=O)CN(CCN2CCOCC2)C(=O)Nc2cccc(C#N)c2)o1. The predicted molar refractivity (Wildman–Crippen MR) is 149 cm³/mol. The van der Waals surface area contributed by atoms with E-state index in [1.54, 1.807) is 29.2 Å².